The van der Waals surface area contributed by atoms with Gasteiger partial charge in [0.15, 0.2) is 5.16 Å². The third kappa shape index (κ3) is 4.21. The molecule has 1 amide bonds. The fourth-order valence-corrected chi connectivity index (χ4v) is 3.96. The summed E-state index contributed by atoms with van der Waals surface area (Å²) < 4.78 is 2.15. The molecule has 6 heteroatoms. The van der Waals surface area contributed by atoms with Gasteiger partial charge in [0, 0.05) is 0 Å². The number of rotatable bonds is 6. The molecule has 4 rings (SSSR count). The Morgan fingerprint density at radius 2 is 1.68 bits per heavy atom. The normalized spacial score (nSPS) is 10.9. The Hall–Kier alpha value is -2.76. The summed E-state index contributed by atoms with van der Waals surface area (Å²) in [7, 11) is 0. The summed E-state index contributed by atoms with van der Waals surface area (Å²) in [5.41, 5.74) is 3.79. The van der Waals surface area contributed by atoms with Gasteiger partial charge in [-0.1, -0.05) is 78.0 Å². The first-order valence-electron chi connectivity index (χ1n) is 8.87. The summed E-state index contributed by atoms with van der Waals surface area (Å²) in [4.78, 5) is 17.1. The van der Waals surface area contributed by atoms with Gasteiger partial charge >= 0.3 is 0 Å². The number of hydrogen-bond acceptors (Lipinski definition) is 3. The maximum Gasteiger partial charge on any atom is 0.234 e. The lowest BCUT2D eigenvalue weighted by molar-refractivity contribution is -0.113. The summed E-state index contributed by atoms with van der Waals surface area (Å²) in [6.07, 6.45) is 0. The Balaban J connectivity index is 1.54. The molecule has 4 nitrogen and oxygen atoms in total. The van der Waals surface area contributed by atoms with Crippen LogP contribution in [0.3, 0.4) is 0 Å². The lowest BCUT2D eigenvalue weighted by Crippen LogP contribution is -2.15. The van der Waals surface area contributed by atoms with E-state index < -0.39 is 0 Å². The van der Waals surface area contributed by atoms with Gasteiger partial charge in [-0.3, -0.25) is 4.79 Å². The lowest BCUT2D eigenvalue weighted by Gasteiger charge is -2.10. The van der Waals surface area contributed by atoms with Crippen molar-refractivity contribution in [1.29, 1.82) is 0 Å². The second kappa shape index (κ2) is 8.50. The predicted octanol–water partition coefficient (Wildman–Crippen LogP) is 5.47. The first kappa shape index (κ1) is 18.6. The van der Waals surface area contributed by atoms with E-state index in [4.69, 9.17) is 16.6 Å². The minimum Gasteiger partial charge on any atom is -0.324 e. The molecule has 0 spiro atoms. The van der Waals surface area contributed by atoms with Crippen LogP contribution in [0.1, 0.15) is 5.56 Å². The van der Waals surface area contributed by atoms with Crippen LogP contribution < -0.4 is 5.32 Å². The van der Waals surface area contributed by atoms with Crippen LogP contribution in [0.25, 0.3) is 11.0 Å². The van der Waals surface area contributed by atoms with Gasteiger partial charge in [-0.15, -0.1) is 0 Å². The highest BCUT2D eigenvalue weighted by Crippen LogP contribution is 2.26. The van der Waals surface area contributed by atoms with E-state index >= 15 is 0 Å². The first-order valence-corrected chi connectivity index (χ1v) is 10.2. The largest absolute Gasteiger partial charge is 0.324 e. The monoisotopic (exact) mass is 407 g/mol. The number of para-hydroxylation sites is 3. The van der Waals surface area contributed by atoms with Crippen molar-refractivity contribution in [3.05, 3.63) is 89.4 Å². The Kier molecular flexibility index (Phi) is 5.65. The summed E-state index contributed by atoms with van der Waals surface area (Å²) in [5, 5.41) is 4.20. The van der Waals surface area contributed by atoms with Crippen molar-refractivity contribution in [2.45, 2.75) is 11.7 Å². The number of carbonyl (C=O) groups is 1. The molecule has 140 valence electrons. The number of thioether (sulfide) groups is 1. The Morgan fingerprint density at radius 1 is 0.964 bits per heavy atom. The predicted molar refractivity (Wildman–Crippen MR) is 116 cm³/mol. The van der Waals surface area contributed by atoms with E-state index in [0.717, 1.165) is 16.2 Å². The van der Waals surface area contributed by atoms with E-state index in [-0.39, 0.29) is 11.7 Å². The SMILES string of the molecule is O=C(CSc1nc2ccccc2n1Cc1ccccc1)Nc1ccccc1Cl. The highest BCUT2D eigenvalue weighted by atomic mass is 35.5. The quantitative estimate of drug-likeness (QED) is 0.431. The van der Waals surface area contributed by atoms with Crippen molar-refractivity contribution < 1.29 is 4.79 Å². The lowest BCUT2D eigenvalue weighted by atomic mass is 10.2. The minimum absolute atomic E-state index is 0.114. The third-order valence-corrected chi connectivity index (χ3v) is 5.59. The Bertz CT molecular complexity index is 1110. The molecular formula is C22H18ClN3OS. The standard InChI is InChI=1S/C22H18ClN3OS/c23-17-10-4-5-11-18(17)24-21(27)15-28-22-25-19-12-6-7-13-20(19)26(22)14-16-8-2-1-3-9-16/h1-13H,14-15H2,(H,24,27). The first-order chi connectivity index (χ1) is 13.7. The van der Waals surface area contributed by atoms with E-state index in [0.29, 0.717) is 17.3 Å². The van der Waals surface area contributed by atoms with Crippen LogP contribution in [-0.2, 0) is 11.3 Å². The number of amides is 1. The molecule has 1 N–H and O–H groups in total. The number of imidazole rings is 1. The molecule has 0 aliphatic heterocycles. The Morgan fingerprint density at radius 3 is 2.50 bits per heavy atom. The average Bonchev–Trinajstić information content (AvgIpc) is 3.06. The topological polar surface area (TPSA) is 46.9 Å². The van der Waals surface area contributed by atoms with Crippen LogP contribution in [0.15, 0.2) is 84.0 Å². The summed E-state index contributed by atoms with van der Waals surface area (Å²) in [6.45, 7) is 0.704. The van der Waals surface area contributed by atoms with Gasteiger partial charge in [-0.25, -0.2) is 4.98 Å². The van der Waals surface area contributed by atoms with Crippen molar-refractivity contribution in [2.24, 2.45) is 0 Å². The van der Waals surface area contributed by atoms with Crippen LogP contribution in [0.4, 0.5) is 5.69 Å². The molecule has 4 aromatic rings. The van der Waals surface area contributed by atoms with E-state index in [1.165, 1.54) is 17.3 Å². The van der Waals surface area contributed by atoms with Crippen LogP contribution >= 0.6 is 23.4 Å². The molecule has 0 atom stereocenters. The molecule has 1 aromatic heterocycles. The molecule has 0 bridgehead atoms. The third-order valence-electron chi connectivity index (χ3n) is 4.28. The van der Waals surface area contributed by atoms with E-state index in [1.807, 2.05) is 48.5 Å². The molecule has 28 heavy (non-hydrogen) atoms. The van der Waals surface area contributed by atoms with E-state index in [9.17, 15) is 4.79 Å². The summed E-state index contributed by atoms with van der Waals surface area (Å²) in [6, 6.07) is 25.5. The molecule has 3 aromatic carbocycles. The van der Waals surface area contributed by atoms with Gasteiger partial charge in [-0.2, -0.15) is 0 Å². The van der Waals surface area contributed by atoms with Gasteiger partial charge in [0.05, 0.1) is 34.0 Å². The second-order valence-corrected chi connectivity index (χ2v) is 7.62. The maximum absolute atomic E-state index is 12.4. The number of benzene rings is 3. The number of hydrogen-bond donors (Lipinski definition) is 1. The zero-order chi connectivity index (χ0) is 19.3. The van der Waals surface area contributed by atoms with Crippen LogP contribution in [-0.4, -0.2) is 21.2 Å². The van der Waals surface area contributed by atoms with E-state index in [1.54, 1.807) is 12.1 Å². The fourth-order valence-electron chi connectivity index (χ4n) is 2.96. The van der Waals surface area contributed by atoms with Gasteiger partial charge in [0.2, 0.25) is 5.91 Å². The number of halogens is 1. The van der Waals surface area contributed by atoms with Crippen LogP contribution in [0.2, 0.25) is 5.02 Å². The summed E-state index contributed by atoms with van der Waals surface area (Å²) in [5.74, 6) is 0.139. The molecule has 0 saturated carbocycles. The van der Waals surface area contributed by atoms with Gasteiger partial charge < -0.3 is 9.88 Å². The molecule has 0 fully saturated rings. The van der Waals surface area contributed by atoms with Gasteiger partial charge in [0.25, 0.3) is 0 Å². The smallest absolute Gasteiger partial charge is 0.234 e. The molecule has 1 heterocycles. The number of nitrogens with one attached hydrogen (secondary N) is 1. The van der Waals surface area contributed by atoms with Crippen LogP contribution in [0, 0.1) is 0 Å². The number of fused-ring (bicyclic) bond motifs is 1. The average molecular weight is 408 g/mol. The molecule has 0 saturated heterocycles. The highest BCUT2D eigenvalue weighted by Gasteiger charge is 2.14. The number of carbonyl (C=O) groups excluding carboxylic acids is 1. The maximum atomic E-state index is 12.4. The molecular weight excluding hydrogens is 390 g/mol. The Labute approximate surface area is 172 Å². The van der Waals surface area contributed by atoms with Crippen molar-refractivity contribution >= 4 is 46.0 Å². The van der Waals surface area contributed by atoms with Crippen molar-refractivity contribution in [2.75, 3.05) is 11.1 Å². The fraction of sp³-hybridized carbons (Fsp3) is 0.0909. The number of aromatic nitrogens is 2. The highest BCUT2D eigenvalue weighted by molar-refractivity contribution is 7.99. The number of nitrogens with zero attached hydrogens (tertiary/aromatic N) is 2. The zero-order valence-corrected chi connectivity index (χ0v) is 16.6. The minimum atomic E-state index is -0.114. The van der Waals surface area contributed by atoms with Crippen LogP contribution in [0.5, 0.6) is 0 Å². The van der Waals surface area contributed by atoms with Crippen molar-refractivity contribution in [3.8, 4) is 0 Å². The van der Waals surface area contributed by atoms with Crippen molar-refractivity contribution in [1.82, 2.24) is 9.55 Å². The molecule has 0 unspecified atom stereocenters. The molecule has 0 aliphatic rings. The summed E-state index contributed by atoms with van der Waals surface area (Å²) >= 11 is 7.54. The second-order valence-electron chi connectivity index (χ2n) is 6.27. The number of anilines is 1. The zero-order valence-electron chi connectivity index (χ0n) is 15.0. The molecule has 0 radical (unpaired) electrons. The van der Waals surface area contributed by atoms with Crippen molar-refractivity contribution in [3.63, 3.8) is 0 Å². The van der Waals surface area contributed by atoms with Gasteiger partial charge in [0.1, 0.15) is 0 Å². The van der Waals surface area contributed by atoms with Gasteiger partial charge in [-0.05, 0) is 29.8 Å². The van der Waals surface area contributed by atoms with E-state index in [2.05, 4.69) is 28.1 Å². The molecule has 0 aliphatic carbocycles.